The molecule has 1 rings (SSSR count). The first kappa shape index (κ1) is 16.4. The van der Waals surface area contributed by atoms with Gasteiger partial charge in [0.05, 0.1) is 17.5 Å². The standard InChI is InChI=1S/C12H19N3O4S/c1-8-7-20-10(15-8)3-4-13-12(18)14-6-9(19-2)5-11(16)17/h7,9H,3-6H2,1-2H3,(H,16,17)(H2,13,14,18). The molecule has 8 heteroatoms. The van der Waals surface area contributed by atoms with Gasteiger partial charge in [-0.1, -0.05) is 0 Å². The normalized spacial score (nSPS) is 11.9. The zero-order valence-corrected chi connectivity index (χ0v) is 12.3. The molecular weight excluding hydrogens is 282 g/mol. The molecule has 0 aliphatic rings. The van der Waals surface area contributed by atoms with Crippen LogP contribution < -0.4 is 10.6 Å². The lowest BCUT2D eigenvalue weighted by Crippen LogP contribution is -2.41. The number of thiazole rings is 1. The summed E-state index contributed by atoms with van der Waals surface area (Å²) in [7, 11) is 1.41. The molecule has 20 heavy (non-hydrogen) atoms. The van der Waals surface area contributed by atoms with Crippen LogP contribution in [0.4, 0.5) is 4.79 Å². The number of ether oxygens (including phenoxy) is 1. The van der Waals surface area contributed by atoms with E-state index in [1.165, 1.54) is 7.11 Å². The van der Waals surface area contributed by atoms with Crippen LogP contribution in [0.2, 0.25) is 0 Å². The highest BCUT2D eigenvalue weighted by Crippen LogP contribution is 2.08. The molecule has 3 N–H and O–H groups in total. The first-order valence-corrected chi connectivity index (χ1v) is 7.06. The fourth-order valence-corrected chi connectivity index (χ4v) is 2.28. The average molecular weight is 301 g/mol. The lowest BCUT2D eigenvalue weighted by atomic mass is 10.2. The summed E-state index contributed by atoms with van der Waals surface area (Å²) < 4.78 is 4.96. The van der Waals surface area contributed by atoms with Crippen LogP contribution in [-0.4, -0.2) is 48.4 Å². The minimum absolute atomic E-state index is 0.144. The maximum Gasteiger partial charge on any atom is 0.314 e. The smallest absolute Gasteiger partial charge is 0.314 e. The molecule has 1 atom stereocenters. The van der Waals surface area contributed by atoms with Crippen molar-refractivity contribution in [3.05, 3.63) is 16.1 Å². The van der Waals surface area contributed by atoms with E-state index in [0.717, 1.165) is 10.7 Å². The molecule has 0 aromatic carbocycles. The van der Waals surface area contributed by atoms with Crippen LogP contribution in [0.5, 0.6) is 0 Å². The lowest BCUT2D eigenvalue weighted by Gasteiger charge is -2.14. The van der Waals surface area contributed by atoms with Crippen molar-refractivity contribution in [2.24, 2.45) is 0 Å². The summed E-state index contributed by atoms with van der Waals surface area (Å²) in [5, 5.41) is 16.8. The number of aromatic nitrogens is 1. The second-order valence-electron chi connectivity index (χ2n) is 4.23. The Morgan fingerprint density at radius 2 is 2.25 bits per heavy atom. The third-order valence-corrected chi connectivity index (χ3v) is 3.54. The number of methoxy groups -OCH3 is 1. The Bertz CT molecular complexity index is 450. The third kappa shape index (κ3) is 6.48. The Morgan fingerprint density at radius 1 is 1.50 bits per heavy atom. The summed E-state index contributed by atoms with van der Waals surface area (Å²) in [5.74, 6) is -0.960. The number of aryl methyl sites for hydroxylation is 1. The molecule has 0 bridgehead atoms. The first-order chi connectivity index (χ1) is 9.51. The van der Waals surface area contributed by atoms with Crippen LogP contribution >= 0.6 is 11.3 Å². The number of carbonyl (C=O) groups excluding carboxylic acids is 1. The second-order valence-corrected chi connectivity index (χ2v) is 5.17. The van der Waals surface area contributed by atoms with E-state index in [9.17, 15) is 9.59 Å². The number of rotatable bonds is 8. The number of urea groups is 1. The summed E-state index contributed by atoms with van der Waals surface area (Å²) in [6, 6.07) is -0.342. The van der Waals surface area contributed by atoms with Gasteiger partial charge in [0, 0.05) is 37.7 Å². The maximum absolute atomic E-state index is 11.5. The van der Waals surface area contributed by atoms with Crippen molar-refractivity contribution in [1.82, 2.24) is 15.6 Å². The number of hydrogen-bond donors (Lipinski definition) is 3. The van der Waals surface area contributed by atoms with Crippen LogP contribution in [0.1, 0.15) is 17.1 Å². The summed E-state index contributed by atoms with van der Waals surface area (Å²) in [6.07, 6.45) is 0.00377. The molecule has 0 saturated carbocycles. The Balaban J connectivity index is 2.18. The number of hydrogen-bond acceptors (Lipinski definition) is 5. The molecule has 0 saturated heterocycles. The van der Waals surface area contributed by atoms with Gasteiger partial charge in [0.2, 0.25) is 0 Å². The molecule has 0 fully saturated rings. The van der Waals surface area contributed by atoms with Gasteiger partial charge in [0.15, 0.2) is 0 Å². The minimum atomic E-state index is -0.960. The van der Waals surface area contributed by atoms with Crippen LogP contribution in [0, 0.1) is 6.92 Å². The van der Waals surface area contributed by atoms with E-state index >= 15 is 0 Å². The van der Waals surface area contributed by atoms with E-state index in [-0.39, 0.29) is 19.0 Å². The number of aliphatic carboxylic acids is 1. The van der Waals surface area contributed by atoms with Crippen molar-refractivity contribution in [2.45, 2.75) is 25.9 Å². The highest BCUT2D eigenvalue weighted by atomic mass is 32.1. The molecule has 7 nitrogen and oxygen atoms in total. The van der Waals surface area contributed by atoms with Crippen molar-refractivity contribution >= 4 is 23.3 Å². The molecule has 0 radical (unpaired) electrons. The molecular formula is C12H19N3O4S. The molecule has 0 aliphatic carbocycles. The quantitative estimate of drug-likeness (QED) is 0.659. The first-order valence-electron chi connectivity index (χ1n) is 6.18. The van der Waals surface area contributed by atoms with Gasteiger partial charge in [0.1, 0.15) is 0 Å². The van der Waals surface area contributed by atoms with Crippen molar-refractivity contribution in [1.29, 1.82) is 0 Å². The van der Waals surface area contributed by atoms with Gasteiger partial charge < -0.3 is 20.5 Å². The minimum Gasteiger partial charge on any atom is -0.481 e. The number of nitrogens with zero attached hydrogens (tertiary/aromatic N) is 1. The second kappa shape index (κ2) is 8.49. The Kier molecular flexibility index (Phi) is 6.96. The maximum atomic E-state index is 11.5. The lowest BCUT2D eigenvalue weighted by molar-refractivity contribution is -0.139. The van der Waals surface area contributed by atoms with Crippen molar-refractivity contribution in [2.75, 3.05) is 20.2 Å². The van der Waals surface area contributed by atoms with Crippen LogP contribution in [-0.2, 0) is 16.0 Å². The monoisotopic (exact) mass is 301 g/mol. The molecule has 1 aromatic heterocycles. The molecule has 1 unspecified atom stereocenters. The van der Waals surface area contributed by atoms with Gasteiger partial charge in [-0.3, -0.25) is 4.79 Å². The molecule has 0 aliphatic heterocycles. The average Bonchev–Trinajstić information content (AvgIpc) is 2.80. The predicted molar refractivity (Wildman–Crippen MR) is 75.0 cm³/mol. The summed E-state index contributed by atoms with van der Waals surface area (Å²) in [4.78, 5) is 26.3. The Hall–Kier alpha value is -1.67. The third-order valence-electron chi connectivity index (χ3n) is 2.52. The number of carboxylic acids is 1. The molecule has 1 heterocycles. The van der Waals surface area contributed by atoms with E-state index in [2.05, 4.69) is 15.6 Å². The number of carbonyl (C=O) groups is 2. The van der Waals surface area contributed by atoms with Gasteiger partial charge >= 0.3 is 12.0 Å². The topological polar surface area (TPSA) is 101 Å². The van der Waals surface area contributed by atoms with Gasteiger partial charge in [-0.05, 0) is 6.92 Å². The SMILES string of the molecule is COC(CNC(=O)NCCc1nc(C)cs1)CC(=O)O. The van der Waals surface area contributed by atoms with E-state index in [0.29, 0.717) is 13.0 Å². The summed E-state index contributed by atoms with van der Waals surface area (Å²) >= 11 is 1.56. The summed E-state index contributed by atoms with van der Waals surface area (Å²) in [5.41, 5.74) is 0.978. The Labute approximate surface area is 121 Å². The van der Waals surface area contributed by atoms with Gasteiger partial charge in [-0.15, -0.1) is 11.3 Å². The fourth-order valence-electron chi connectivity index (χ4n) is 1.50. The van der Waals surface area contributed by atoms with Gasteiger partial charge in [-0.25, -0.2) is 9.78 Å². The zero-order chi connectivity index (χ0) is 15.0. The van der Waals surface area contributed by atoms with Crippen LogP contribution in [0.25, 0.3) is 0 Å². The van der Waals surface area contributed by atoms with Crippen LogP contribution in [0.15, 0.2) is 5.38 Å². The fraction of sp³-hybridized carbons (Fsp3) is 0.583. The molecule has 1 aromatic rings. The van der Waals surface area contributed by atoms with Crippen molar-refractivity contribution < 1.29 is 19.4 Å². The van der Waals surface area contributed by atoms with Crippen molar-refractivity contribution in [3.8, 4) is 0 Å². The largest absolute Gasteiger partial charge is 0.481 e. The highest BCUT2D eigenvalue weighted by Gasteiger charge is 2.13. The van der Waals surface area contributed by atoms with Gasteiger partial charge in [0.25, 0.3) is 0 Å². The van der Waals surface area contributed by atoms with Crippen LogP contribution in [0.3, 0.4) is 0 Å². The molecule has 2 amide bonds. The zero-order valence-electron chi connectivity index (χ0n) is 11.5. The Morgan fingerprint density at radius 3 is 2.80 bits per heavy atom. The summed E-state index contributed by atoms with van der Waals surface area (Å²) in [6.45, 7) is 2.56. The van der Waals surface area contributed by atoms with Crippen molar-refractivity contribution in [3.63, 3.8) is 0 Å². The number of amides is 2. The van der Waals surface area contributed by atoms with E-state index < -0.39 is 12.1 Å². The van der Waals surface area contributed by atoms with E-state index in [1.807, 2.05) is 12.3 Å². The predicted octanol–water partition coefficient (Wildman–Crippen LogP) is 0.783. The number of nitrogens with one attached hydrogen (secondary N) is 2. The van der Waals surface area contributed by atoms with E-state index in [1.54, 1.807) is 11.3 Å². The van der Waals surface area contributed by atoms with Gasteiger partial charge in [-0.2, -0.15) is 0 Å². The highest BCUT2D eigenvalue weighted by molar-refractivity contribution is 7.09. The molecule has 112 valence electrons. The van der Waals surface area contributed by atoms with E-state index in [4.69, 9.17) is 9.84 Å². The number of carboxylic acid groups (broad SMARTS) is 1. The molecule has 0 spiro atoms.